The molecule has 0 spiro atoms. The molecule has 0 saturated carbocycles. The number of morpholine rings is 1. The van der Waals surface area contributed by atoms with Crippen molar-refractivity contribution in [2.24, 2.45) is 0 Å². The fraction of sp³-hybridized carbons (Fsp3) is 0.522. The minimum Gasteiger partial charge on any atom is -0.456 e. The van der Waals surface area contributed by atoms with Crippen LogP contribution in [0.2, 0.25) is 0 Å². The van der Waals surface area contributed by atoms with E-state index >= 15 is 0 Å². The van der Waals surface area contributed by atoms with Crippen molar-refractivity contribution in [3.63, 3.8) is 0 Å². The molecule has 2 atom stereocenters. The molecule has 0 aliphatic carbocycles. The Morgan fingerprint density at radius 2 is 1.78 bits per heavy atom. The SMILES string of the molecule is Cc1ccc(C(C)(C)C)cc1Cc1ccc(C(=O)N2C[C@@H](C)O[C@@H](C)C2)o1. The topological polar surface area (TPSA) is 42.7 Å². The Kier molecular flexibility index (Phi) is 5.48. The Hall–Kier alpha value is -2.07. The molecule has 1 aliphatic heterocycles. The molecule has 1 aromatic heterocycles. The minimum atomic E-state index is -0.0524. The summed E-state index contributed by atoms with van der Waals surface area (Å²) in [5, 5.41) is 0. The number of rotatable bonds is 3. The Bertz CT molecular complexity index is 805. The molecule has 4 heteroatoms. The van der Waals surface area contributed by atoms with Gasteiger partial charge < -0.3 is 14.1 Å². The second-order valence-corrected chi connectivity index (χ2v) is 8.80. The van der Waals surface area contributed by atoms with Gasteiger partial charge in [0, 0.05) is 19.5 Å². The van der Waals surface area contributed by atoms with Crippen molar-refractivity contribution in [1.82, 2.24) is 4.90 Å². The fourth-order valence-corrected chi connectivity index (χ4v) is 3.60. The maximum absolute atomic E-state index is 12.8. The van der Waals surface area contributed by atoms with Gasteiger partial charge in [-0.15, -0.1) is 0 Å². The Labute approximate surface area is 162 Å². The number of aryl methyl sites for hydroxylation is 1. The highest BCUT2D eigenvalue weighted by Crippen LogP contribution is 2.26. The molecule has 0 unspecified atom stereocenters. The smallest absolute Gasteiger partial charge is 0.289 e. The lowest BCUT2D eigenvalue weighted by atomic mass is 9.85. The second-order valence-electron chi connectivity index (χ2n) is 8.80. The van der Waals surface area contributed by atoms with Crippen LogP contribution in [0.1, 0.15) is 67.6 Å². The number of amides is 1. The second kappa shape index (κ2) is 7.51. The van der Waals surface area contributed by atoms with Gasteiger partial charge >= 0.3 is 0 Å². The molecule has 2 aromatic rings. The molecule has 0 radical (unpaired) electrons. The van der Waals surface area contributed by atoms with Crippen LogP contribution in [0, 0.1) is 6.92 Å². The standard InChI is InChI=1S/C23H31NO3/c1-15-7-8-19(23(4,5)6)11-18(15)12-20-9-10-21(27-20)22(25)24-13-16(2)26-17(3)14-24/h7-11,16-17H,12-14H2,1-6H3/t16-,17+. The van der Waals surface area contributed by atoms with Gasteiger partial charge in [-0.25, -0.2) is 0 Å². The van der Waals surface area contributed by atoms with E-state index in [9.17, 15) is 4.79 Å². The van der Waals surface area contributed by atoms with E-state index < -0.39 is 0 Å². The summed E-state index contributed by atoms with van der Waals surface area (Å²) in [5.74, 6) is 1.18. The summed E-state index contributed by atoms with van der Waals surface area (Å²) in [5.41, 5.74) is 3.89. The molecule has 27 heavy (non-hydrogen) atoms. The van der Waals surface area contributed by atoms with Gasteiger partial charge in [0.25, 0.3) is 5.91 Å². The molecular weight excluding hydrogens is 338 g/mol. The van der Waals surface area contributed by atoms with Crippen LogP contribution < -0.4 is 0 Å². The zero-order chi connectivity index (χ0) is 19.8. The van der Waals surface area contributed by atoms with Gasteiger partial charge in [0.2, 0.25) is 0 Å². The van der Waals surface area contributed by atoms with E-state index in [0.717, 1.165) is 5.76 Å². The minimum absolute atomic E-state index is 0.0509. The highest BCUT2D eigenvalue weighted by atomic mass is 16.5. The molecule has 3 rings (SSSR count). The Balaban J connectivity index is 1.76. The summed E-state index contributed by atoms with van der Waals surface area (Å²) in [6.07, 6.45) is 0.795. The van der Waals surface area contributed by atoms with Crippen LogP contribution in [0.15, 0.2) is 34.7 Å². The molecule has 1 amide bonds. The number of ether oxygens (including phenoxy) is 1. The summed E-state index contributed by atoms with van der Waals surface area (Å²) in [4.78, 5) is 14.6. The zero-order valence-corrected chi connectivity index (χ0v) is 17.3. The van der Waals surface area contributed by atoms with Gasteiger partial charge in [0.05, 0.1) is 12.2 Å². The first-order chi connectivity index (χ1) is 12.6. The molecule has 0 N–H and O–H groups in total. The van der Waals surface area contributed by atoms with Crippen molar-refractivity contribution < 1.29 is 13.9 Å². The zero-order valence-electron chi connectivity index (χ0n) is 17.3. The molecule has 4 nitrogen and oxygen atoms in total. The Morgan fingerprint density at radius 3 is 2.41 bits per heavy atom. The van der Waals surface area contributed by atoms with E-state index in [2.05, 4.69) is 45.9 Å². The normalized spacial score (nSPS) is 20.7. The van der Waals surface area contributed by atoms with Gasteiger partial charge in [-0.05, 0) is 55.0 Å². The Morgan fingerprint density at radius 1 is 1.11 bits per heavy atom. The van der Waals surface area contributed by atoms with Gasteiger partial charge in [-0.1, -0.05) is 39.0 Å². The van der Waals surface area contributed by atoms with Crippen LogP contribution in [0.25, 0.3) is 0 Å². The van der Waals surface area contributed by atoms with Crippen LogP contribution in [0.3, 0.4) is 0 Å². The van der Waals surface area contributed by atoms with Gasteiger partial charge in [0.1, 0.15) is 5.76 Å². The van der Waals surface area contributed by atoms with Crippen molar-refractivity contribution in [3.05, 3.63) is 58.5 Å². The van der Waals surface area contributed by atoms with Crippen molar-refractivity contribution >= 4 is 5.91 Å². The highest BCUT2D eigenvalue weighted by Gasteiger charge is 2.28. The lowest BCUT2D eigenvalue weighted by Gasteiger charge is -2.34. The maximum atomic E-state index is 12.8. The summed E-state index contributed by atoms with van der Waals surface area (Å²) in [7, 11) is 0. The quantitative estimate of drug-likeness (QED) is 0.786. The molecule has 1 aliphatic rings. The van der Waals surface area contributed by atoms with Crippen LogP contribution in [-0.2, 0) is 16.6 Å². The van der Waals surface area contributed by atoms with Crippen molar-refractivity contribution in [1.29, 1.82) is 0 Å². The van der Waals surface area contributed by atoms with E-state index in [4.69, 9.17) is 9.15 Å². The first-order valence-electron chi connectivity index (χ1n) is 9.77. The first-order valence-corrected chi connectivity index (χ1v) is 9.77. The van der Waals surface area contributed by atoms with Crippen LogP contribution in [0.5, 0.6) is 0 Å². The number of nitrogens with zero attached hydrogens (tertiary/aromatic N) is 1. The number of benzene rings is 1. The maximum Gasteiger partial charge on any atom is 0.289 e. The lowest BCUT2D eigenvalue weighted by molar-refractivity contribution is -0.0592. The van der Waals surface area contributed by atoms with E-state index in [-0.39, 0.29) is 23.5 Å². The van der Waals surface area contributed by atoms with Crippen LogP contribution in [-0.4, -0.2) is 36.1 Å². The van der Waals surface area contributed by atoms with Crippen molar-refractivity contribution in [2.75, 3.05) is 13.1 Å². The summed E-state index contributed by atoms with van der Waals surface area (Å²) < 4.78 is 11.6. The molecule has 2 heterocycles. The number of carbonyl (C=O) groups is 1. The summed E-state index contributed by atoms with van der Waals surface area (Å²) >= 11 is 0. The molecular formula is C23H31NO3. The molecule has 1 aromatic carbocycles. The van der Waals surface area contributed by atoms with Gasteiger partial charge in [-0.2, -0.15) is 0 Å². The van der Waals surface area contributed by atoms with E-state index in [1.54, 1.807) is 6.07 Å². The number of carbonyl (C=O) groups excluding carboxylic acids is 1. The number of hydrogen-bond donors (Lipinski definition) is 0. The molecule has 0 bridgehead atoms. The predicted octanol–water partition coefficient (Wildman–Crippen LogP) is 4.73. The van der Waals surface area contributed by atoms with E-state index in [1.165, 1.54) is 16.7 Å². The highest BCUT2D eigenvalue weighted by molar-refractivity contribution is 5.91. The fourth-order valence-electron chi connectivity index (χ4n) is 3.60. The molecule has 146 valence electrons. The van der Waals surface area contributed by atoms with Crippen molar-refractivity contribution in [2.45, 2.75) is 65.6 Å². The lowest BCUT2D eigenvalue weighted by Crippen LogP contribution is -2.48. The third-order valence-corrected chi connectivity index (χ3v) is 5.16. The third-order valence-electron chi connectivity index (χ3n) is 5.16. The number of furan rings is 1. The van der Waals surface area contributed by atoms with Crippen LogP contribution >= 0.6 is 0 Å². The molecule has 1 fully saturated rings. The largest absolute Gasteiger partial charge is 0.456 e. The average molecular weight is 370 g/mol. The first kappa shape index (κ1) is 19.7. The van der Waals surface area contributed by atoms with E-state index in [1.807, 2.05) is 24.8 Å². The average Bonchev–Trinajstić information content (AvgIpc) is 3.02. The third kappa shape index (κ3) is 4.62. The van der Waals surface area contributed by atoms with Crippen LogP contribution in [0.4, 0.5) is 0 Å². The summed E-state index contributed by atoms with van der Waals surface area (Å²) in [6.45, 7) is 14.0. The van der Waals surface area contributed by atoms with E-state index in [0.29, 0.717) is 25.3 Å². The van der Waals surface area contributed by atoms with Gasteiger partial charge in [-0.3, -0.25) is 4.79 Å². The monoisotopic (exact) mass is 369 g/mol. The predicted molar refractivity (Wildman–Crippen MR) is 107 cm³/mol. The number of hydrogen-bond acceptors (Lipinski definition) is 3. The van der Waals surface area contributed by atoms with Gasteiger partial charge in [0.15, 0.2) is 5.76 Å². The van der Waals surface area contributed by atoms with Crippen molar-refractivity contribution in [3.8, 4) is 0 Å². The molecule has 1 saturated heterocycles. The summed E-state index contributed by atoms with van der Waals surface area (Å²) in [6, 6.07) is 10.3.